The molecule has 0 aromatic carbocycles. The Bertz CT molecular complexity index is 545. The number of hydrogen-bond donors (Lipinski definition) is 2. The fourth-order valence-electron chi connectivity index (χ4n) is 3.20. The molecule has 1 aromatic heterocycles. The molecule has 0 bridgehead atoms. The first kappa shape index (κ1) is 22.5. The quantitative estimate of drug-likeness (QED) is 0.360. The second kappa shape index (κ2) is 11.9. The van der Waals surface area contributed by atoms with Crippen molar-refractivity contribution in [1.29, 1.82) is 0 Å². The number of unbranched alkanes of at least 4 members (excludes halogenated alkanes) is 1. The molecule has 1 atom stereocenters. The molecule has 1 unspecified atom stereocenters. The number of aromatic nitrogens is 2. The van der Waals surface area contributed by atoms with Gasteiger partial charge in [0.1, 0.15) is 0 Å². The van der Waals surface area contributed by atoms with E-state index in [0.29, 0.717) is 6.04 Å². The highest BCUT2D eigenvalue weighted by Crippen LogP contribution is 2.14. The number of aliphatic imine (C=N–C) groups is 1. The highest BCUT2D eigenvalue weighted by atomic mass is 15.3. The Morgan fingerprint density at radius 2 is 1.88 bits per heavy atom. The van der Waals surface area contributed by atoms with Crippen LogP contribution in [0.2, 0.25) is 0 Å². The van der Waals surface area contributed by atoms with Crippen molar-refractivity contribution in [3.05, 3.63) is 17.0 Å². The summed E-state index contributed by atoms with van der Waals surface area (Å²) in [5.41, 5.74) is 3.70. The molecule has 6 nitrogen and oxygen atoms in total. The van der Waals surface area contributed by atoms with Crippen molar-refractivity contribution in [3.8, 4) is 0 Å². The maximum absolute atomic E-state index is 4.75. The van der Waals surface area contributed by atoms with E-state index in [0.717, 1.165) is 50.7 Å². The van der Waals surface area contributed by atoms with Gasteiger partial charge < -0.3 is 15.5 Å². The molecule has 1 heterocycles. The molecule has 0 aliphatic rings. The van der Waals surface area contributed by atoms with Gasteiger partial charge in [-0.15, -0.1) is 0 Å². The topological polar surface area (TPSA) is 57.5 Å². The van der Waals surface area contributed by atoms with Crippen molar-refractivity contribution in [1.82, 2.24) is 25.3 Å². The second-order valence-electron chi connectivity index (χ2n) is 7.02. The zero-order valence-electron chi connectivity index (χ0n) is 18.0. The summed E-state index contributed by atoms with van der Waals surface area (Å²) in [7, 11) is 2.01. The first-order valence-corrected chi connectivity index (χ1v) is 10.2. The average molecular weight is 365 g/mol. The summed E-state index contributed by atoms with van der Waals surface area (Å²) in [4.78, 5) is 7.21. The molecule has 0 saturated carbocycles. The van der Waals surface area contributed by atoms with Gasteiger partial charge in [0.05, 0.1) is 5.69 Å². The predicted molar refractivity (Wildman–Crippen MR) is 112 cm³/mol. The molecule has 0 aliphatic carbocycles. The van der Waals surface area contributed by atoms with E-state index in [4.69, 9.17) is 4.99 Å². The maximum Gasteiger partial charge on any atom is 0.191 e. The van der Waals surface area contributed by atoms with Crippen LogP contribution in [0.5, 0.6) is 0 Å². The number of hydrogen-bond acceptors (Lipinski definition) is 3. The lowest BCUT2D eigenvalue weighted by atomic mass is 10.1. The van der Waals surface area contributed by atoms with Gasteiger partial charge in [-0.3, -0.25) is 9.67 Å². The van der Waals surface area contributed by atoms with E-state index < -0.39 is 0 Å². The zero-order valence-corrected chi connectivity index (χ0v) is 18.0. The van der Waals surface area contributed by atoms with Crippen LogP contribution in [0.25, 0.3) is 0 Å². The minimum Gasteiger partial charge on any atom is -0.357 e. The van der Waals surface area contributed by atoms with Crippen LogP contribution in [0.1, 0.15) is 57.5 Å². The van der Waals surface area contributed by atoms with Crippen LogP contribution >= 0.6 is 0 Å². The Labute approximate surface area is 160 Å². The van der Waals surface area contributed by atoms with Crippen LogP contribution in [0.15, 0.2) is 4.99 Å². The fraction of sp³-hybridized carbons (Fsp3) is 0.800. The van der Waals surface area contributed by atoms with E-state index in [-0.39, 0.29) is 0 Å². The Hall–Kier alpha value is -1.56. The van der Waals surface area contributed by atoms with Gasteiger partial charge in [-0.25, -0.2) is 0 Å². The molecule has 0 saturated heterocycles. The van der Waals surface area contributed by atoms with Crippen LogP contribution in [0.4, 0.5) is 0 Å². The standard InChI is InChI=1S/C20H40N6/c1-8-21-20(22-13-11-12-14-26(9-2)10-3)23-16(4)15-19-17(5)24-25(7)18(19)6/h16H,8-15H2,1-7H3,(H2,21,22,23). The smallest absolute Gasteiger partial charge is 0.191 e. The van der Waals surface area contributed by atoms with E-state index in [1.807, 2.05) is 11.7 Å². The van der Waals surface area contributed by atoms with E-state index >= 15 is 0 Å². The van der Waals surface area contributed by atoms with Gasteiger partial charge in [0.15, 0.2) is 5.96 Å². The second-order valence-corrected chi connectivity index (χ2v) is 7.02. The van der Waals surface area contributed by atoms with Crippen LogP contribution < -0.4 is 10.6 Å². The molecule has 6 heteroatoms. The van der Waals surface area contributed by atoms with E-state index in [1.54, 1.807) is 0 Å². The molecule has 1 aromatic rings. The summed E-state index contributed by atoms with van der Waals surface area (Å²) in [6.07, 6.45) is 3.29. The van der Waals surface area contributed by atoms with Crippen molar-refractivity contribution < 1.29 is 0 Å². The SMILES string of the molecule is CCNC(=NCCCCN(CC)CC)NC(C)Cc1c(C)nn(C)c1C. The summed E-state index contributed by atoms with van der Waals surface area (Å²) in [6, 6.07) is 0.310. The lowest BCUT2D eigenvalue weighted by Gasteiger charge is -2.19. The van der Waals surface area contributed by atoms with Crippen molar-refractivity contribution in [2.75, 3.05) is 32.7 Å². The number of rotatable bonds is 11. The van der Waals surface area contributed by atoms with Crippen LogP contribution in [-0.2, 0) is 13.5 Å². The van der Waals surface area contributed by atoms with E-state index in [2.05, 4.69) is 62.2 Å². The molecule has 0 spiro atoms. The summed E-state index contributed by atoms with van der Waals surface area (Å²) in [5, 5.41) is 11.4. The molecular weight excluding hydrogens is 324 g/mol. The normalized spacial score (nSPS) is 13.3. The lowest BCUT2D eigenvalue weighted by Crippen LogP contribution is -2.43. The molecule has 0 aliphatic heterocycles. The summed E-state index contributed by atoms with van der Waals surface area (Å²) < 4.78 is 1.96. The first-order chi connectivity index (χ1) is 12.4. The Morgan fingerprint density at radius 1 is 1.19 bits per heavy atom. The third-order valence-electron chi connectivity index (χ3n) is 4.94. The van der Waals surface area contributed by atoms with Gasteiger partial charge in [-0.2, -0.15) is 5.10 Å². The summed E-state index contributed by atoms with van der Waals surface area (Å²) in [6.45, 7) is 18.2. The number of nitrogens with one attached hydrogen (secondary N) is 2. The van der Waals surface area contributed by atoms with Gasteiger partial charge in [0.25, 0.3) is 0 Å². The molecule has 0 amide bonds. The largest absolute Gasteiger partial charge is 0.357 e. The van der Waals surface area contributed by atoms with E-state index in [9.17, 15) is 0 Å². The number of guanidine groups is 1. The molecular formula is C20H40N6. The number of nitrogens with zero attached hydrogens (tertiary/aromatic N) is 4. The van der Waals surface area contributed by atoms with Crippen molar-refractivity contribution in [2.45, 2.75) is 66.8 Å². The highest BCUT2D eigenvalue weighted by molar-refractivity contribution is 5.80. The molecule has 1 rings (SSSR count). The lowest BCUT2D eigenvalue weighted by molar-refractivity contribution is 0.297. The summed E-state index contributed by atoms with van der Waals surface area (Å²) in [5.74, 6) is 0.919. The summed E-state index contributed by atoms with van der Waals surface area (Å²) >= 11 is 0. The van der Waals surface area contributed by atoms with Gasteiger partial charge in [0.2, 0.25) is 0 Å². The maximum atomic E-state index is 4.75. The molecule has 0 fully saturated rings. The highest BCUT2D eigenvalue weighted by Gasteiger charge is 2.13. The predicted octanol–water partition coefficient (Wildman–Crippen LogP) is 2.65. The molecule has 150 valence electrons. The third kappa shape index (κ3) is 7.36. The van der Waals surface area contributed by atoms with Crippen LogP contribution in [0.3, 0.4) is 0 Å². The minimum absolute atomic E-state index is 0.310. The molecule has 2 N–H and O–H groups in total. The van der Waals surface area contributed by atoms with Crippen molar-refractivity contribution >= 4 is 5.96 Å². The minimum atomic E-state index is 0.310. The van der Waals surface area contributed by atoms with Gasteiger partial charge in [0, 0.05) is 31.9 Å². The third-order valence-corrected chi connectivity index (χ3v) is 4.94. The van der Waals surface area contributed by atoms with Crippen LogP contribution in [0, 0.1) is 13.8 Å². The zero-order chi connectivity index (χ0) is 19.5. The Balaban J connectivity index is 2.50. The Morgan fingerprint density at radius 3 is 2.42 bits per heavy atom. The first-order valence-electron chi connectivity index (χ1n) is 10.2. The average Bonchev–Trinajstić information content (AvgIpc) is 2.84. The van der Waals surface area contributed by atoms with Gasteiger partial charge >= 0.3 is 0 Å². The number of aryl methyl sites for hydroxylation is 2. The fourth-order valence-corrected chi connectivity index (χ4v) is 3.20. The molecule has 26 heavy (non-hydrogen) atoms. The Kier molecular flexibility index (Phi) is 10.3. The van der Waals surface area contributed by atoms with Crippen molar-refractivity contribution in [3.63, 3.8) is 0 Å². The monoisotopic (exact) mass is 364 g/mol. The van der Waals surface area contributed by atoms with Crippen molar-refractivity contribution in [2.24, 2.45) is 12.0 Å². The van der Waals surface area contributed by atoms with Gasteiger partial charge in [-0.05, 0) is 72.2 Å². The van der Waals surface area contributed by atoms with Gasteiger partial charge in [-0.1, -0.05) is 13.8 Å². The molecule has 0 radical (unpaired) electrons. The van der Waals surface area contributed by atoms with Crippen LogP contribution in [-0.4, -0.2) is 59.4 Å². The van der Waals surface area contributed by atoms with E-state index in [1.165, 1.54) is 24.2 Å².